The number of aryl methyl sites for hydroxylation is 1. The van der Waals surface area contributed by atoms with Crippen molar-refractivity contribution in [3.63, 3.8) is 0 Å². The molecule has 0 aliphatic carbocycles. The van der Waals surface area contributed by atoms with Crippen LogP contribution >= 0.6 is 0 Å². The van der Waals surface area contributed by atoms with Crippen LogP contribution in [0.1, 0.15) is 17.4 Å². The molecule has 0 saturated carbocycles. The van der Waals surface area contributed by atoms with Crippen molar-refractivity contribution < 1.29 is 4.79 Å². The first-order valence-electron chi connectivity index (χ1n) is 5.60. The van der Waals surface area contributed by atoms with Crippen molar-refractivity contribution in [2.24, 2.45) is 0 Å². The standard InChI is InChI=1S/C11H12N4O2/c1-2-15-11(17)7-5-8-10(16)12-3-4-14(8)9(7)6-13-15/h5-6H,2-4H2,1H3,(H,12,16). The van der Waals surface area contributed by atoms with E-state index in [9.17, 15) is 9.59 Å². The molecule has 0 aromatic carbocycles. The van der Waals surface area contributed by atoms with Crippen molar-refractivity contribution in [2.75, 3.05) is 6.54 Å². The van der Waals surface area contributed by atoms with Gasteiger partial charge in [0.1, 0.15) is 5.69 Å². The molecular weight excluding hydrogens is 220 g/mol. The van der Waals surface area contributed by atoms with Crippen molar-refractivity contribution in [1.82, 2.24) is 19.7 Å². The molecule has 88 valence electrons. The second kappa shape index (κ2) is 3.44. The summed E-state index contributed by atoms with van der Waals surface area (Å²) in [4.78, 5) is 23.7. The Balaban J connectivity index is 2.38. The van der Waals surface area contributed by atoms with Gasteiger partial charge in [-0.2, -0.15) is 5.10 Å². The van der Waals surface area contributed by atoms with E-state index in [4.69, 9.17) is 0 Å². The summed E-state index contributed by atoms with van der Waals surface area (Å²) in [5.41, 5.74) is 1.14. The molecule has 1 aliphatic heterocycles. The molecule has 0 spiro atoms. The van der Waals surface area contributed by atoms with Gasteiger partial charge >= 0.3 is 0 Å². The summed E-state index contributed by atoms with van der Waals surface area (Å²) >= 11 is 0. The summed E-state index contributed by atoms with van der Waals surface area (Å²) in [5.74, 6) is -0.130. The zero-order chi connectivity index (χ0) is 12.0. The maximum absolute atomic E-state index is 12.0. The van der Waals surface area contributed by atoms with Crippen LogP contribution in [0.25, 0.3) is 10.9 Å². The summed E-state index contributed by atoms with van der Waals surface area (Å²) in [6.45, 7) is 3.67. The van der Waals surface area contributed by atoms with Gasteiger partial charge in [0.2, 0.25) is 0 Å². The molecule has 2 aromatic rings. The Bertz CT molecular complexity index is 668. The monoisotopic (exact) mass is 232 g/mol. The Kier molecular flexibility index (Phi) is 2.04. The smallest absolute Gasteiger partial charge is 0.276 e. The third kappa shape index (κ3) is 1.30. The third-order valence-electron chi connectivity index (χ3n) is 3.08. The van der Waals surface area contributed by atoms with Gasteiger partial charge in [-0.1, -0.05) is 0 Å². The molecule has 1 aliphatic rings. The highest BCUT2D eigenvalue weighted by atomic mass is 16.2. The van der Waals surface area contributed by atoms with Gasteiger partial charge < -0.3 is 9.88 Å². The summed E-state index contributed by atoms with van der Waals surface area (Å²) in [6.07, 6.45) is 1.66. The Morgan fingerprint density at radius 3 is 3.06 bits per heavy atom. The number of nitrogens with zero attached hydrogens (tertiary/aromatic N) is 3. The van der Waals surface area contributed by atoms with Gasteiger partial charge in [-0.25, -0.2) is 4.68 Å². The SMILES string of the molecule is CCn1ncc2c(cc3n2CCNC3=O)c1=O. The number of carbonyl (C=O) groups excluding carboxylic acids is 1. The summed E-state index contributed by atoms with van der Waals surface area (Å²) < 4.78 is 3.24. The van der Waals surface area contributed by atoms with Gasteiger partial charge in [0.15, 0.2) is 0 Å². The average Bonchev–Trinajstić information content (AvgIpc) is 2.71. The topological polar surface area (TPSA) is 68.9 Å². The van der Waals surface area contributed by atoms with E-state index in [1.807, 2.05) is 11.5 Å². The highest BCUT2D eigenvalue weighted by molar-refractivity contribution is 5.99. The van der Waals surface area contributed by atoms with Crippen molar-refractivity contribution in [3.05, 3.63) is 28.3 Å². The second-order valence-corrected chi connectivity index (χ2v) is 4.00. The minimum absolute atomic E-state index is 0.130. The minimum atomic E-state index is -0.139. The number of rotatable bonds is 1. The lowest BCUT2D eigenvalue weighted by atomic mass is 10.3. The van der Waals surface area contributed by atoms with E-state index in [0.717, 1.165) is 5.52 Å². The van der Waals surface area contributed by atoms with Gasteiger partial charge in [0, 0.05) is 19.6 Å². The van der Waals surface area contributed by atoms with Crippen molar-refractivity contribution in [2.45, 2.75) is 20.0 Å². The number of fused-ring (bicyclic) bond motifs is 3. The Hall–Kier alpha value is -2.11. The van der Waals surface area contributed by atoms with Crippen LogP contribution in [0.2, 0.25) is 0 Å². The second-order valence-electron chi connectivity index (χ2n) is 4.00. The van der Waals surface area contributed by atoms with Crippen LogP contribution in [0.3, 0.4) is 0 Å². The number of nitrogens with one attached hydrogen (secondary N) is 1. The van der Waals surface area contributed by atoms with E-state index >= 15 is 0 Å². The van der Waals surface area contributed by atoms with Crippen LogP contribution in [0.15, 0.2) is 17.1 Å². The molecule has 1 amide bonds. The molecule has 6 heteroatoms. The number of hydrogen-bond donors (Lipinski definition) is 1. The zero-order valence-electron chi connectivity index (χ0n) is 9.43. The van der Waals surface area contributed by atoms with Crippen molar-refractivity contribution in [3.8, 4) is 0 Å². The van der Waals surface area contributed by atoms with E-state index in [0.29, 0.717) is 30.7 Å². The molecule has 0 fully saturated rings. The molecule has 0 unspecified atom stereocenters. The summed E-state index contributed by atoms with van der Waals surface area (Å²) in [6, 6.07) is 1.65. The molecule has 3 heterocycles. The van der Waals surface area contributed by atoms with Gasteiger partial charge in [-0.05, 0) is 13.0 Å². The molecule has 2 aromatic heterocycles. The van der Waals surface area contributed by atoms with Crippen LogP contribution in [0.5, 0.6) is 0 Å². The molecule has 17 heavy (non-hydrogen) atoms. The molecule has 0 bridgehead atoms. The lowest BCUT2D eigenvalue weighted by molar-refractivity contribution is 0.0929. The summed E-state index contributed by atoms with van der Waals surface area (Å²) in [5, 5.41) is 7.40. The molecule has 0 atom stereocenters. The molecule has 6 nitrogen and oxygen atoms in total. The first-order chi connectivity index (χ1) is 8.22. The lowest BCUT2D eigenvalue weighted by Crippen LogP contribution is -2.34. The van der Waals surface area contributed by atoms with E-state index in [2.05, 4.69) is 10.4 Å². The largest absolute Gasteiger partial charge is 0.349 e. The van der Waals surface area contributed by atoms with Crippen LogP contribution in [0, 0.1) is 0 Å². The Morgan fingerprint density at radius 1 is 1.47 bits per heavy atom. The number of aromatic nitrogens is 3. The van der Waals surface area contributed by atoms with Crippen LogP contribution in [-0.4, -0.2) is 26.8 Å². The van der Waals surface area contributed by atoms with Crippen LogP contribution in [0.4, 0.5) is 0 Å². The molecule has 0 radical (unpaired) electrons. The quantitative estimate of drug-likeness (QED) is 0.750. The average molecular weight is 232 g/mol. The number of amides is 1. The van der Waals surface area contributed by atoms with Gasteiger partial charge in [-0.3, -0.25) is 9.59 Å². The van der Waals surface area contributed by atoms with E-state index in [1.54, 1.807) is 12.3 Å². The van der Waals surface area contributed by atoms with Crippen molar-refractivity contribution >= 4 is 16.8 Å². The highest BCUT2D eigenvalue weighted by Gasteiger charge is 2.21. The first kappa shape index (κ1) is 10.1. The van der Waals surface area contributed by atoms with Gasteiger partial charge in [-0.15, -0.1) is 0 Å². The number of hydrogen-bond acceptors (Lipinski definition) is 3. The Labute approximate surface area is 96.8 Å². The van der Waals surface area contributed by atoms with Crippen molar-refractivity contribution in [1.29, 1.82) is 0 Å². The fraction of sp³-hybridized carbons (Fsp3) is 0.364. The molecule has 3 rings (SSSR count). The first-order valence-corrected chi connectivity index (χ1v) is 5.60. The minimum Gasteiger partial charge on any atom is -0.349 e. The zero-order valence-corrected chi connectivity index (χ0v) is 9.43. The predicted molar refractivity (Wildman–Crippen MR) is 62.0 cm³/mol. The highest BCUT2D eigenvalue weighted by Crippen LogP contribution is 2.17. The van der Waals surface area contributed by atoms with Crippen LogP contribution in [-0.2, 0) is 13.1 Å². The van der Waals surface area contributed by atoms with E-state index in [1.165, 1.54) is 4.68 Å². The predicted octanol–water partition coefficient (Wildman–Crippen LogP) is -0.0387. The molecule has 1 N–H and O–H groups in total. The lowest BCUT2D eigenvalue weighted by Gasteiger charge is -2.16. The normalized spacial score (nSPS) is 14.8. The fourth-order valence-electron chi connectivity index (χ4n) is 2.22. The number of carbonyl (C=O) groups is 1. The molecular formula is C11H12N4O2. The van der Waals surface area contributed by atoms with E-state index in [-0.39, 0.29) is 11.5 Å². The maximum atomic E-state index is 12.0. The van der Waals surface area contributed by atoms with E-state index < -0.39 is 0 Å². The van der Waals surface area contributed by atoms with Gasteiger partial charge in [0.05, 0.1) is 17.1 Å². The summed E-state index contributed by atoms with van der Waals surface area (Å²) in [7, 11) is 0. The van der Waals surface area contributed by atoms with Crippen LogP contribution < -0.4 is 10.9 Å². The molecule has 0 saturated heterocycles. The Morgan fingerprint density at radius 2 is 2.29 bits per heavy atom. The maximum Gasteiger partial charge on any atom is 0.276 e. The van der Waals surface area contributed by atoms with Gasteiger partial charge in [0.25, 0.3) is 11.5 Å². The third-order valence-corrected chi connectivity index (χ3v) is 3.08. The fourth-order valence-corrected chi connectivity index (χ4v) is 2.22.